The van der Waals surface area contributed by atoms with Gasteiger partial charge in [-0.15, -0.1) is 0 Å². The van der Waals surface area contributed by atoms with Gasteiger partial charge < -0.3 is 5.73 Å². The lowest BCUT2D eigenvalue weighted by molar-refractivity contribution is -0.145. The second-order valence-electron chi connectivity index (χ2n) is 5.72. The van der Waals surface area contributed by atoms with Crippen molar-refractivity contribution in [2.24, 2.45) is 5.73 Å². The van der Waals surface area contributed by atoms with Gasteiger partial charge in [-0.1, -0.05) is 22.6 Å². The van der Waals surface area contributed by atoms with E-state index < -0.39 is 12.0 Å². The molecule has 2 heterocycles. The molecular weight excluding hydrogens is 396 g/mol. The van der Waals surface area contributed by atoms with Gasteiger partial charge in [0.05, 0.1) is 5.69 Å². The highest BCUT2D eigenvalue weighted by Gasteiger charge is 2.38. The molecule has 1 fully saturated rings. The standard InChI is InChI=1S/C13H16F3IN4/c14-13(15,16)12-19-4-7-5-21(6-11(7)20-12)8-1-2-9(17)10(18)3-8/h4,8-10H,1-3,5-6,18H2/t8?,9-,10?/m0/s1. The summed E-state index contributed by atoms with van der Waals surface area (Å²) in [5, 5.41) is 0. The van der Waals surface area contributed by atoms with E-state index in [2.05, 4.69) is 37.5 Å². The highest BCUT2D eigenvalue weighted by Crippen LogP contribution is 2.33. The summed E-state index contributed by atoms with van der Waals surface area (Å²) < 4.78 is 38.4. The number of nitrogens with zero attached hydrogens (tertiary/aromatic N) is 3. The van der Waals surface area contributed by atoms with Gasteiger partial charge in [-0.2, -0.15) is 13.2 Å². The predicted octanol–water partition coefficient (Wildman–Crippen LogP) is 2.49. The third-order valence-electron chi connectivity index (χ3n) is 4.23. The van der Waals surface area contributed by atoms with Crippen LogP contribution in [0.15, 0.2) is 6.20 Å². The second-order valence-corrected chi connectivity index (χ2v) is 7.31. The highest BCUT2D eigenvalue weighted by atomic mass is 127. The number of alkyl halides is 4. The predicted molar refractivity (Wildman–Crippen MR) is 79.7 cm³/mol. The normalized spacial score (nSPS) is 30.4. The summed E-state index contributed by atoms with van der Waals surface area (Å²) in [4.78, 5) is 9.32. The summed E-state index contributed by atoms with van der Waals surface area (Å²) in [5.74, 6) is -1.05. The lowest BCUT2D eigenvalue weighted by Gasteiger charge is -2.36. The Bertz CT molecular complexity index is 537. The first-order chi connectivity index (χ1) is 9.84. The van der Waals surface area contributed by atoms with Gasteiger partial charge in [-0.05, 0) is 19.3 Å². The molecule has 0 radical (unpaired) electrons. The molecule has 1 aliphatic heterocycles. The Morgan fingerprint density at radius 1 is 1.29 bits per heavy atom. The van der Waals surface area contributed by atoms with E-state index in [1.807, 2.05) is 0 Å². The van der Waals surface area contributed by atoms with Gasteiger partial charge in [0, 0.05) is 40.9 Å². The molecule has 0 spiro atoms. The number of hydrogen-bond donors (Lipinski definition) is 1. The zero-order valence-corrected chi connectivity index (χ0v) is 13.4. The Balaban J connectivity index is 1.73. The first-order valence-corrected chi connectivity index (χ1v) is 8.15. The molecule has 8 heteroatoms. The van der Waals surface area contributed by atoms with E-state index in [4.69, 9.17) is 5.73 Å². The zero-order valence-electron chi connectivity index (χ0n) is 11.3. The minimum Gasteiger partial charge on any atom is -0.327 e. The Labute approximate surface area is 134 Å². The number of aromatic nitrogens is 2. The second kappa shape index (κ2) is 5.62. The van der Waals surface area contributed by atoms with Crippen LogP contribution < -0.4 is 5.73 Å². The van der Waals surface area contributed by atoms with Crippen molar-refractivity contribution in [1.29, 1.82) is 0 Å². The molecule has 3 atom stereocenters. The quantitative estimate of drug-likeness (QED) is 0.569. The van der Waals surface area contributed by atoms with E-state index in [1.165, 1.54) is 6.20 Å². The van der Waals surface area contributed by atoms with Gasteiger partial charge in [0.1, 0.15) is 0 Å². The van der Waals surface area contributed by atoms with Gasteiger partial charge in [-0.3, -0.25) is 4.90 Å². The molecule has 1 aromatic heterocycles. The van der Waals surface area contributed by atoms with Crippen LogP contribution in [-0.2, 0) is 19.3 Å². The molecule has 2 unspecified atom stereocenters. The molecule has 2 aliphatic rings. The lowest BCUT2D eigenvalue weighted by atomic mass is 9.90. The Kier molecular flexibility index (Phi) is 4.12. The van der Waals surface area contributed by atoms with Crippen LogP contribution in [0.5, 0.6) is 0 Å². The van der Waals surface area contributed by atoms with Crippen molar-refractivity contribution < 1.29 is 13.2 Å². The molecule has 0 bridgehead atoms. The van der Waals surface area contributed by atoms with Crippen LogP contribution in [-0.4, -0.2) is 30.9 Å². The van der Waals surface area contributed by atoms with E-state index in [-0.39, 0.29) is 6.04 Å². The molecule has 4 nitrogen and oxygen atoms in total. The van der Waals surface area contributed by atoms with Crippen molar-refractivity contribution in [1.82, 2.24) is 14.9 Å². The fourth-order valence-electron chi connectivity index (χ4n) is 3.05. The maximum Gasteiger partial charge on any atom is 0.451 e. The first-order valence-electron chi connectivity index (χ1n) is 6.90. The van der Waals surface area contributed by atoms with Crippen LogP contribution in [0.1, 0.15) is 36.3 Å². The number of rotatable bonds is 1. The molecule has 0 aromatic carbocycles. The van der Waals surface area contributed by atoms with E-state index >= 15 is 0 Å². The van der Waals surface area contributed by atoms with Crippen LogP contribution in [0.25, 0.3) is 0 Å². The summed E-state index contributed by atoms with van der Waals surface area (Å²) in [5.41, 5.74) is 7.41. The van der Waals surface area contributed by atoms with Crippen molar-refractivity contribution in [3.8, 4) is 0 Å². The minimum atomic E-state index is -4.48. The van der Waals surface area contributed by atoms with Gasteiger partial charge >= 0.3 is 6.18 Å². The topological polar surface area (TPSA) is 55.0 Å². The van der Waals surface area contributed by atoms with Gasteiger partial charge in [-0.25, -0.2) is 9.97 Å². The van der Waals surface area contributed by atoms with Crippen LogP contribution in [0, 0.1) is 0 Å². The van der Waals surface area contributed by atoms with Crippen LogP contribution in [0.4, 0.5) is 13.2 Å². The average molecular weight is 412 g/mol. The summed E-state index contributed by atoms with van der Waals surface area (Å²) in [7, 11) is 0. The van der Waals surface area contributed by atoms with Crippen molar-refractivity contribution >= 4 is 22.6 Å². The minimum absolute atomic E-state index is 0.157. The Morgan fingerprint density at radius 3 is 2.71 bits per heavy atom. The highest BCUT2D eigenvalue weighted by molar-refractivity contribution is 14.1. The van der Waals surface area contributed by atoms with Crippen LogP contribution in [0.3, 0.4) is 0 Å². The molecule has 1 aromatic rings. The van der Waals surface area contributed by atoms with Crippen molar-refractivity contribution in [3.63, 3.8) is 0 Å². The number of halogens is 4. The molecule has 116 valence electrons. The molecule has 1 saturated carbocycles. The van der Waals surface area contributed by atoms with Crippen LogP contribution >= 0.6 is 22.6 Å². The number of fused-ring (bicyclic) bond motifs is 1. The monoisotopic (exact) mass is 412 g/mol. The summed E-state index contributed by atoms with van der Waals surface area (Å²) in [6, 6.07) is 0.486. The molecule has 1 aliphatic carbocycles. The third-order valence-corrected chi connectivity index (χ3v) is 5.78. The molecule has 3 rings (SSSR count). The smallest absolute Gasteiger partial charge is 0.327 e. The van der Waals surface area contributed by atoms with Crippen molar-refractivity contribution in [2.75, 3.05) is 0 Å². The molecular formula is C13H16F3IN4. The maximum atomic E-state index is 12.6. The number of hydrogen-bond acceptors (Lipinski definition) is 4. The van der Waals surface area contributed by atoms with Crippen LogP contribution in [0.2, 0.25) is 0 Å². The summed E-state index contributed by atoms with van der Waals surface area (Å²) in [6.07, 6.45) is -0.187. The molecule has 0 amide bonds. The van der Waals surface area contributed by atoms with E-state index in [0.717, 1.165) is 24.8 Å². The third kappa shape index (κ3) is 3.16. The molecule has 21 heavy (non-hydrogen) atoms. The summed E-state index contributed by atoms with van der Waals surface area (Å²) in [6.45, 7) is 1.08. The molecule has 2 N–H and O–H groups in total. The first kappa shape index (κ1) is 15.4. The van der Waals surface area contributed by atoms with Crippen molar-refractivity contribution in [2.45, 2.75) is 54.5 Å². The van der Waals surface area contributed by atoms with E-state index in [1.54, 1.807) is 0 Å². The van der Waals surface area contributed by atoms with E-state index in [9.17, 15) is 13.2 Å². The Hall–Kier alpha value is -0.480. The number of nitrogens with two attached hydrogens (primary N) is 1. The lowest BCUT2D eigenvalue weighted by Crippen LogP contribution is -2.45. The Morgan fingerprint density at radius 2 is 2.05 bits per heavy atom. The largest absolute Gasteiger partial charge is 0.451 e. The fraction of sp³-hybridized carbons (Fsp3) is 0.692. The maximum absolute atomic E-state index is 12.6. The fourth-order valence-corrected chi connectivity index (χ4v) is 3.70. The van der Waals surface area contributed by atoms with Gasteiger partial charge in [0.15, 0.2) is 0 Å². The average Bonchev–Trinajstić information content (AvgIpc) is 2.83. The van der Waals surface area contributed by atoms with Crippen molar-refractivity contribution in [3.05, 3.63) is 23.3 Å². The van der Waals surface area contributed by atoms with E-state index in [0.29, 0.717) is 28.7 Å². The zero-order chi connectivity index (χ0) is 15.2. The van der Waals surface area contributed by atoms with Gasteiger partial charge in [0.2, 0.25) is 5.82 Å². The summed E-state index contributed by atoms with van der Waals surface area (Å²) >= 11 is 2.38. The molecule has 0 saturated heterocycles. The van der Waals surface area contributed by atoms with Gasteiger partial charge in [0.25, 0.3) is 0 Å². The SMILES string of the molecule is NC1CC(N2Cc3cnc(C(F)(F)F)nc3C2)CC[C@@H]1I.